The van der Waals surface area contributed by atoms with E-state index in [1.165, 1.54) is 26.4 Å². The average molecular weight is 632 g/mol. The van der Waals surface area contributed by atoms with Gasteiger partial charge in [-0.3, -0.25) is 9.36 Å². The third-order valence-corrected chi connectivity index (χ3v) is 10.2. The number of unbranched alkanes of at least 4 members (excludes halogenated alkanes) is 1. The minimum Gasteiger partial charge on any atom is -0.493 e. The van der Waals surface area contributed by atoms with Crippen LogP contribution in [0.15, 0.2) is 97.1 Å². The largest absolute Gasteiger partial charge is 0.493 e. The number of anilines is 1. The van der Waals surface area contributed by atoms with E-state index in [4.69, 9.17) is 13.8 Å². The molecular formula is C36H39FNO6P. The zero-order chi connectivity index (χ0) is 32.0. The smallest absolute Gasteiger partial charge is 0.360 e. The lowest BCUT2D eigenvalue weighted by atomic mass is 9.77. The molecule has 3 atom stereocenters. The highest BCUT2D eigenvalue weighted by molar-refractivity contribution is 7.62. The molecular weight excluding hydrogens is 592 g/mol. The summed E-state index contributed by atoms with van der Waals surface area (Å²) < 4.78 is 42.9. The summed E-state index contributed by atoms with van der Waals surface area (Å²) in [6.07, 6.45) is 1.83. The number of hydrogen-bond acceptors (Lipinski definition) is 6. The Kier molecular flexibility index (Phi) is 10.5. The van der Waals surface area contributed by atoms with Gasteiger partial charge in [-0.2, -0.15) is 0 Å². The Balaban J connectivity index is 1.48. The summed E-state index contributed by atoms with van der Waals surface area (Å²) in [5, 5.41) is 11.3. The Morgan fingerprint density at radius 1 is 0.911 bits per heavy atom. The fourth-order valence-electron chi connectivity index (χ4n) is 5.78. The number of rotatable bonds is 14. The molecule has 4 aromatic rings. The van der Waals surface area contributed by atoms with Crippen molar-refractivity contribution in [2.45, 2.75) is 44.8 Å². The monoisotopic (exact) mass is 631 g/mol. The number of aliphatic hydroxyl groups is 1. The minimum absolute atomic E-state index is 0.0163. The summed E-state index contributed by atoms with van der Waals surface area (Å²) in [4.78, 5) is 15.5. The number of halogens is 1. The standard InChI is InChI=1S/C36H39FNO6P/c1-4-5-23-44-34-24-27(25-13-18-30(19-14-25)45(41,42-2)43-3)15-20-31(34)35-32(36(40)38(35)29-9-7-6-8-10-29)21-22-33(39)26-11-16-28(37)17-12-26/h6-20,24,32-33,35,39H,4-5,21-23H2,1-3H3/t32-,33+,35-/m1/s1. The molecule has 0 radical (unpaired) electrons. The molecule has 5 rings (SSSR count). The van der Waals surface area contributed by atoms with Gasteiger partial charge in [-0.25, -0.2) is 4.39 Å². The number of aliphatic hydroxyl groups excluding tert-OH is 1. The van der Waals surface area contributed by atoms with E-state index in [0.29, 0.717) is 36.1 Å². The summed E-state index contributed by atoms with van der Waals surface area (Å²) in [7, 11) is -0.655. The first-order valence-corrected chi connectivity index (χ1v) is 16.7. The van der Waals surface area contributed by atoms with Crippen molar-refractivity contribution in [3.05, 3.63) is 114 Å². The summed E-state index contributed by atoms with van der Waals surface area (Å²) >= 11 is 0. The zero-order valence-electron chi connectivity index (χ0n) is 25.8. The van der Waals surface area contributed by atoms with Crippen LogP contribution in [-0.4, -0.2) is 31.8 Å². The number of hydrogen-bond donors (Lipinski definition) is 1. The Bertz CT molecular complexity index is 1620. The lowest BCUT2D eigenvalue weighted by molar-refractivity contribution is -0.131. The van der Waals surface area contributed by atoms with Gasteiger partial charge in [-0.1, -0.05) is 67.9 Å². The highest BCUT2D eigenvalue weighted by Crippen LogP contribution is 2.50. The lowest BCUT2D eigenvalue weighted by Gasteiger charge is -2.48. The van der Waals surface area contributed by atoms with Crippen LogP contribution < -0.4 is 14.9 Å². The minimum atomic E-state index is -3.37. The second-order valence-corrected chi connectivity index (χ2v) is 13.3. The van der Waals surface area contributed by atoms with Gasteiger partial charge in [0.2, 0.25) is 5.91 Å². The van der Waals surface area contributed by atoms with Gasteiger partial charge in [0.15, 0.2) is 0 Å². The number of carbonyl (C=O) groups is 1. The summed E-state index contributed by atoms with van der Waals surface area (Å²) in [5.74, 6) is -0.0702. The number of para-hydroxylation sites is 1. The Morgan fingerprint density at radius 2 is 1.58 bits per heavy atom. The van der Waals surface area contributed by atoms with Gasteiger partial charge in [0.25, 0.3) is 0 Å². The second kappa shape index (κ2) is 14.5. The van der Waals surface area contributed by atoms with Crippen LogP contribution in [-0.2, 0) is 18.4 Å². The van der Waals surface area contributed by atoms with Gasteiger partial charge in [0.05, 0.1) is 30.0 Å². The Hall–Kier alpha value is -3.81. The highest BCUT2D eigenvalue weighted by Gasteiger charge is 2.49. The third kappa shape index (κ3) is 7.05. The SMILES string of the molecule is CCCCOc1cc(-c2ccc(P(=O)(OC)OC)cc2)ccc1[C@@H]1[C@@H](CC[C@H](O)c2ccc(F)cc2)C(=O)N1c1ccccc1. The maximum atomic E-state index is 13.7. The summed E-state index contributed by atoms with van der Waals surface area (Å²) in [6, 6.07) is 28.3. The van der Waals surface area contributed by atoms with E-state index in [1.54, 1.807) is 29.2 Å². The number of ether oxygens (including phenoxy) is 1. The molecule has 1 aliphatic rings. The van der Waals surface area contributed by atoms with E-state index in [9.17, 15) is 18.9 Å². The molecule has 1 amide bonds. The van der Waals surface area contributed by atoms with Crippen LogP contribution >= 0.6 is 7.60 Å². The van der Waals surface area contributed by atoms with Crippen molar-refractivity contribution in [3.8, 4) is 16.9 Å². The number of benzene rings is 4. The van der Waals surface area contributed by atoms with Crippen molar-refractivity contribution in [3.63, 3.8) is 0 Å². The van der Waals surface area contributed by atoms with Crippen LogP contribution in [0.4, 0.5) is 10.1 Å². The Labute approximate surface area is 264 Å². The maximum Gasteiger partial charge on any atom is 0.360 e. The number of carbonyl (C=O) groups excluding carboxylic acids is 1. The molecule has 1 saturated heterocycles. The van der Waals surface area contributed by atoms with Gasteiger partial charge >= 0.3 is 7.60 Å². The van der Waals surface area contributed by atoms with Crippen LogP contribution in [0.3, 0.4) is 0 Å². The van der Waals surface area contributed by atoms with Crippen LogP contribution in [0.1, 0.15) is 55.9 Å². The molecule has 236 valence electrons. The van der Waals surface area contributed by atoms with E-state index >= 15 is 0 Å². The first kappa shape index (κ1) is 32.6. The molecule has 45 heavy (non-hydrogen) atoms. The van der Waals surface area contributed by atoms with E-state index in [-0.39, 0.29) is 23.7 Å². The molecule has 0 bridgehead atoms. The molecule has 1 N–H and O–H groups in total. The summed E-state index contributed by atoms with van der Waals surface area (Å²) in [5.41, 5.74) is 4.10. The number of β-lactam (4-membered cyclic amide) rings is 1. The maximum absolute atomic E-state index is 13.7. The molecule has 1 fully saturated rings. The van der Waals surface area contributed by atoms with Crippen molar-refractivity contribution in [2.75, 3.05) is 25.7 Å². The number of amides is 1. The van der Waals surface area contributed by atoms with Gasteiger partial charge in [0.1, 0.15) is 11.6 Å². The van der Waals surface area contributed by atoms with Gasteiger partial charge < -0.3 is 23.8 Å². The molecule has 9 heteroatoms. The predicted octanol–water partition coefficient (Wildman–Crippen LogP) is 8.00. The normalized spacial score (nSPS) is 17.2. The Morgan fingerprint density at radius 3 is 2.22 bits per heavy atom. The fourth-order valence-corrected chi connectivity index (χ4v) is 6.87. The van der Waals surface area contributed by atoms with Crippen LogP contribution in [0, 0.1) is 11.7 Å². The number of nitrogens with zero attached hydrogens (tertiary/aromatic N) is 1. The molecule has 4 aromatic carbocycles. The summed E-state index contributed by atoms with van der Waals surface area (Å²) in [6.45, 7) is 2.63. The van der Waals surface area contributed by atoms with Crippen molar-refractivity contribution in [2.24, 2.45) is 5.92 Å². The van der Waals surface area contributed by atoms with E-state index < -0.39 is 13.7 Å². The first-order chi connectivity index (χ1) is 21.8. The van der Waals surface area contributed by atoms with Crippen molar-refractivity contribution in [1.82, 2.24) is 0 Å². The predicted molar refractivity (Wildman–Crippen MR) is 174 cm³/mol. The molecule has 0 aromatic heterocycles. The molecule has 1 aliphatic heterocycles. The van der Waals surface area contributed by atoms with E-state index in [0.717, 1.165) is 35.2 Å². The zero-order valence-corrected chi connectivity index (χ0v) is 26.7. The van der Waals surface area contributed by atoms with E-state index in [2.05, 4.69) is 6.92 Å². The van der Waals surface area contributed by atoms with Crippen LogP contribution in [0.5, 0.6) is 5.75 Å². The van der Waals surface area contributed by atoms with Gasteiger partial charge in [0, 0.05) is 25.5 Å². The molecule has 7 nitrogen and oxygen atoms in total. The fraction of sp³-hybridized carbons (Fsp3) is 0.306. The molecule has 0 saturated carbocycles. The third-order valence-electron chi connectivity index (χ3n) is 8.34. The molecule has 0 unspecified atom stereocenters. The van der Waals surface area contributed by atoms with Gasteiger partial charge in [-0.05, 0) is 78.4 Å². The van der Waals surface area contributed by atoms with Crippen molar-refractivity contribution in [1.29, 1.82) is 0 Å². The van der Waals surface area contributed by atoms with Crippen molar-refractivity contribution < 1.29 is 32.6 Å². The van der Waals surface area contributed by atoms with Crippen molar-refractivity contribution >= 4 is 24.5 Å². The average Bonchev–Trinajstić information content (AvgIpc) is 3.08. The lowest BCUT2D eigenvalue weighted by Crippen LogP contribution is -2.55. The van der Waals surface area contributed by atoms with E-state index in [1.807, 2.05) is 60.7 Å². The topological polar surface area (TPSA) is 85.3 Å². The quantitative estimate of drug-likeness (QED) is 0.0863. The second-order valence-electron chi connectivity index (χ2n) is 11.1. The van der Waals surface area contributed by atoms with Crippen LogP contribution in [0.25, 0.3) is 11.1 Å². The highest BCUT2D eigenvalue weighted by atomic mass is 31.2. The van der Waals surface area contributed by atoms with Crippen LogP contribution in [0.2, 0.25) is 0 Å². The van der Waals surface area contributed by atoms with Gasteiger partial charge in [-0.15, -0.1) is 0 Å². The molecule has 1 heterocycles. The first-order valence-electron chi connectivity index (χ1n) is 15.2. The molecule has 0 spiro atoms. The molecule has 0 aliphatic carbocycles.